The first kappa shape index (κ1) is 16.5. The maximum atomic E-state index is 11.1. The first-order chi connectivity index (χ1) is 9.68. The molecule has 1 aromatic rings. The molecule has 2 nitrogen and oxygen atoms in total. The normalized spacial score (nSPS) is 30.7. The van der Waals surface area contributed by atoms with Crippen LogP contribution in [0.4, 0.5) is 0 Å². The highest BCUT2D eigenvalue weighted by atomic mass is 16.5. The summed E-state index contributed by atoms with van der Waals surface area (Å²) in [6, 6.07) is 0. The molecule has 5 unspecified atom stereocenters. The molecule has 1 aromatic carbocycles. The zero-order chi connectivity index (χ0) is 16.1. The fourth-order valence-corrected chi connectivity index (χ4v) is 4.00. The minimum Gasteiger partial charge on any atom is -0.388 e. The summed E-state index contributed by atoms with van der Waals surface area (Å²) >= 11 is 0. The van der Waals surface area contributed by atoms with Crippen molar-refractivity contribution in [2.75, 3.05) is 0 Å². The lowest BCUT2D eigenvalue weighted by atomic mass is 9.77. The van der Waals surface area contributed by atoms with Crippen LogP contribution in [0.25, 0.3) is 0 Å². The number of rotatable bonds is 2. The van der Waals surface area contributed by atoms with E-state index in [1.54, 1.807) is 0 Å². The number of hydrogen-bond acceptors (Lipinski definition) is 2. The SMILES string of the molecule is Cc1c(C)c(C)c(C(O)C2C(C)OC(C)C2C)c(C)c1C. The molecule has 5 atom stereocenters. The summed E-state index contributed by atoms with van der Waals surface area (Å²) in [5.74, 6) is 0.537. The molecule has 1 fully saturated rings. The van der Waals surface area contributed by atoms with E-state index in [0.717, 1.165) is 5.56 Å². The zero-order valence-electron chi connectivity index (χ0n) is 14.7. The van der Waals surface area contributed by atoms with Gasteiger partial charge in [0.15, 0.2) is 0 Å². The van der Waals surface area contributed by atoms with Crippen molar-refractivity contribution in [3.8, 4) is 0 Å². The molecule has 1 heterocycles. The highest BCUT2D eigenvalue weighted by Crippen LogP contribution is 2.43. The summed E-state index contributed by atoms with van der Waals surface area (Å²) in [7, 11) is 0. The van der Waals surface area contributed by atoms with Gasteiger partial charge in [-0.15, -0.1) is 0 Å². The second-order valence-electron chi connectivity index (χ2n) is 6.97. The standard InChI is InChI=1S/C19H30O2/c1-9-10(2)12(4)17(13(5)11(9)3)19(20)18-14(6)15(7)21-16(18)8/h14-16,18-20H,1-8H3. The Morgan fingerprint density at radius 2 is 1.19 bits per heavy atom. The molecule has 21 heavy (non-hydrogen) atoms. The van der Waals surface area contributed by atoms with Gasteiger partial charge in [-0.3, -0.25) is 0 Å². The monoisotopic (exact) mass is 290 g/mol. The van der Waals surface area contributed by atoms with Crippen LogP contribution >= 0.6 is 0 Å². The number of benzene rings is 1. The van der Waals surface area contributed by atoms with E-state index in [1.807, 2.05) is 0 Å². The van der Waals surface area contributed by atoms with Gasteiger partial charge in [0.25, 0.3) is 0 Å². The van der Waals surface area contributed by atoms with E-state index in [9.17, 15) is 5.11 Å². The summed E-state index contributed by atoms with van der Waals surface area (Å²) in [5.41, 5.74) is 7.55. The van der Waals surface area contributed by atoms with Crippen LogP contribution in [0, 0.1) is 46.5 Å². The van der Waals surface area contributed by atoms with Gasteiger partial charge in [-0.05, 0) is 87.8 Å². The summed E-state index contributed by atoms with van der Waals surface area (Å²) in [4.78, 5) is 0. The molecule has 1 saturated heterocycles. The average molecular weight is 290 g/mol. The van der Waals surface area contributed by atoms with E-state index < -0.39 is 6.10 Å². The maximum Gasteiger partial charge on any atom is 0.0851 e. The molecule has 1 N–H and O–H groups in total. The second-order valence-corrected chi connectivity index (χ2v) is 6.97. The summed E-state index contributed by atoms with van der Waals surface area (Å²) in [6.45, 7) is 17.2. The molecular weight excluding hydrogens is 260 g/mol. The highest BCUT2D eigenvalue weighted by molar-refractivity contribution is 5.50. The number of aliphatic hydroxyl groups is 1. The third-order valence-electron chi connectivity index (χ3n) is 6.04. The molecule has 1 aliphatic heterocycles. The van der Waals surface area contributed by atoms with Crippen LogP contribution in [0.2, 0.25) is 0 Å². The minimum absolute atomic E-state index is 0.103. The van der Waals surface area contributed by atoms with E-state index in [-0.39, 0.29) is 18.1 Å². The molecule has 0 aromatic heterocycles. The van der Waals surface area contributed by atoms with Gasteiger partial charge in [0.05, 0.1) is 18.3 Å². The van der Waals surface area contributed by atoms with Crippen molar-refractivity contribution in [3.63, 3.8) is 0 Å². The topological polar surface area (TPSA) is 29.5 Å². The van der Waals surface area contributed by atoms with E-state index in [2.05, 4.69) is 55.4 Å². The van der Waals surface area contributed by atoms with E-state index in [0.29, 0.717) is 5.92 Å². The van der Waals surface area contributed by atoms with E-state index in [1.165, 1.54) is 27.8 Å². The van der Waals surface area contributed by atoms with Crippen LogP contribution in [0.5, 0.6) is 0 Å². The van der Waals surface area contributed by atoms with Gasteiger partial charge in [0.2, 0.25) is 0 Å². The predicted octanol–water partition coefficient (Wildman–Crippen LogP) is 4.32. The van der Waals surface area contributed by atoms with Gasteiger partial charge in [0, 0.05) is 5.92 Å². The van der Waals surface area contributed by atoms with Crippen molar-refractivity contribution in [2.24, 2.45) is 11.8 Å². The lowest BCUT2D eigenvalue weighted by Gasteiger charge is -2.29. The number of ether oxygens (including phenoxy) is 1. The Bertz CT molecular complexity index is 518. The molecule has 0 aliphatic carbocycles. The average Bonchev–Trinajstić information content (AvgIpc) is 2.67. The van der Waals surface area contributed by atoms with Crippen molar-refractivity contribution in [2.45, 2.75) is 73.7 Å². The van der Waals surface area contributed by atoms with Crippen LogP contribution in [0.1, 0.15) is 60.3 Å². The van der Waals surface area contributed by atoms with Crippen LogP contribution in [-0.2, 0) is 4.74 Å². The Labute approximate surface area is 129 Å². The summed E-state index contributed by atoms with van der Waals surface area (Å²) in [6.07, 6.45) is -0.128. The fraction of sp³-hybridized carbons (Fsp3) is 0.684. The van der Waals surface area contributed by atoms with Crippen LogP contribution in [-0.4, -0.2) is 17.3 Å². The minimum atomic E-state index is -0.446. The van der Waals surface area contributed by atoms with Gasteiger partial charge in [-0.25, -0.2) is 0 Å². The van der Waals surface area contributed by atoms with Crippen molar-refractivity contribution in [1.82, 2.24) is 0 Å². The molecule has 0 amide bonds. The second kappa shape index (κ2) is 5.73. The quantitative estimate of drug-likeness (QED) is 0.879. The molecular formula is C19H30O2. The highest BCUT2D eigenvalue weighted by Gasteiger charge is 2.42. The number of aliphatic hydroxyl groups excluding tert-OH is 1. The largest absolute Gasteiger partial charge is 0.388 e. The van der Waals surface area contributed by atoms with Gasteiger partial charge >= 0.3 is 0 Å². The van der Waals surface area contributed by atoms with Gasteiger partial charge < -0.3 is 9.84 Å². The fourth-order valence-electron chi connectivity index (χ4n) is 4.00. The van der Waals surface area contributed by atoms with Crippen LogP contribution in [0.15, 0.2) is 0 Å². The Morgan fingerprint density at radius 3 is 1.57 bits per heavy atom. The summed E-state index contributed by atoms with van der Waals surface area (Å²) in [5, 5.41) is 11.1. The van der Waals surface area contributed by atoms with E-state index >= 15 is 0 Å². The Hall–Kier alpha value is -0.860. The Kier molecular flexibility index (Phi) is 4.51. The van der Waals surface area contributed by atoms with Crippen LogP contribution < -0.4 is 0 Å². The smallest absolute Gasteiger partial charge is 0.0851 e. The lowest BCUT2D eigenvalue weighted by molar-refractivity contribution is 0.0227. The molecule has 1 aliphatic rings. The molecule has 0 bridgehead atoms. The Morgan fingerprint density at radius 1 is 0.762 bits per heavy atom. The van der Waals surface area contributed by atoms with Gasteiger partial charge in [0.1, 0.15) is 0 Å². The third kappa shape index (κ3) is 2.53. The van der Waals surface area contributed by atoms with Gasteiger partial charge in [-0.1, -0.05) is 6.92 Å². The third-order valence-corrected chi connectivity index (χ3v) is 6.04. The maximum absolute atomic E-state index is 11.1. The molecule has 0 radical (unpaired) electrons. The molecule has 2 heteroatoms. The number of hydrogen-bond donors (Lipinski definition) is 1. The predicted molar refractivity (Wildman–Crippen MR) is 87.7 cm³/mol. The van der Waals surface area contributed by atoms with Crippen LogP contribution in [0.3, 0.4) is 0 Å². The first-order valence-electron chi connectivity index (χ1n) is 8.08. The van der Waals surface area contributed by atoms with Gasteiger partial charge in [-0.2, -0.15) is 0 Å². The molecule has 0 spiro atoms. The van der Waals surface area contributed by atoms with E-state index in [4.69, 9.17) is 4.74 Å². The molecule has 2 rings (SSSR count). The van der Waals surface area contributed by atoms with Crippen molar-refractivity contribution in [1.29, 1.82) is 0 Å². The van der Waals surface area contributed by atoms with Crippen molar-refractivity contribution >= 4 is 0 Å². The molecule has 118 valence electrons. The lowest BCUT2D eigenvalue weighted by Crippen LogP contribution is -2.26. The van der Waals surface area contributed by atoms with Crippen molar-refractivity contribution < 1.29 is 9.84 Å². The van der Waals surface area contributed by atoms with Crippen molar-refractivity contribution in [3.05, 3.63) is 33.4 Å². The first-order valence-corrected chi connectivity index (χ1v) is 8.08. The summed E-state index contributed by atoms with van der Waals surface area (Å²) < 4.78 is 5.93. The molecule has 0 saturated carbocycles. The Balaban J connectivity index is 2.52. The zero-order valence-corrected chi connectivity index (χ0v) is 14.7.